The average molecular weight is 454 g/mol. The minimum Gasteiger partial charge on any atom is -0.325 e. The summed E-state index contributed by atoms with van der Waals surface area (Å²) in [7, 11) is 0. The lowest BCUT2D eigenvalue weighted by Crippen LogP contribution is -2.24. The number of carbonyl (C=O) groups is 1. The largest absolute Gasteiger partial charge is 0.325 e. The minimum atomic E-state index is -0.371. The number of amides is 1. The molecule has 0 fully saturated rings. The first-order chi connectivity index (χ1) is 15.3. The number of fused-ring (bicyclic) bond motifs is 3. The summed E-state index contributed by atoms with van der Waals surface area (Å²) in [4.78, 5) is 25.5. The van der Waals surface area contributed by atoms with Crippen LogP contribution in [0.4, 0.5) is 10.1 Å². The number of rotatable bonds is 7. The predicted molar refractivity (Wildman–Crippen MR) is 125 cm³/mol. The Morgan fingerprint density at radius 2 is 1.97 bits per heavy atom. The zero-order valence-electron chi connectivity index (χ0n) is 18.1. The molecule has 0 saturated heterocycles. The van der Waals surface area contributed by atoms with Crippen LogP contribution in [0.2, 0.25) is 0 Å². The molecular formula is C23H24FN5O2S. The third kappa shape index (κ3) is 4.38. The van der Waals surface area contributed by atoms with E-state index in [4.69, 9.17) is 0 Å². The molecule has 166 valence electrons. The first-order valence-corrected chi connectivity index (χ1v) is 11.4. The molecule has 0 aliphatic heterocycles. The molecule has 0 radical (unpaired) electrons. The van der Waals surface area contributed by atoms with Crippen LogP contribution in [0.5, 0.6) is 0 Å². The number of thioether (sulfide) groups is 1. The van der Waals surface area contributed by atoms with Crippen molar-refractivity contribution in [2.24, 2.45) is 5.92 Å². The maximum Gasteiger partial charge on any atom is 0.262 e. The lowest BCUT2D eigenvalue weighted by atomic mass is 10.1. The van der Waals surface area contributed by atoms with Gasteiger partial charge in [0.2, 0.25) is 11.7 Å². The molecule has 7 nitrogen and oxygen atoms in total. The van der Waals surface area contributed by atoms with Crippen LogP contribution in [0.25, 0.3) is 16.7 Å². The molecule has 0 spiro atoms. The molecule has 2 heterocycles. The number of anilines is 1. The van der Waals surface area contributed by atoms with Crippen molar-refractivity contribution in [3.05, 3.63) is 64.2 Å². The number of aryl methyl sites for hydroxylation is 2. The lowest BCUT2D eigenvalue weighted by Gasteiger charge is -2.12. The van der Waals surface area contributed by atoms with Crippen molar-refractivity contribution in [3.8, 4) is 0 Å². The second kappa shape index (κ2) is 9.12. The van der Waals surface area contributed by atoms with E-state index >= 15 is 0 Å². The fourth-order valence-electron chi connectivity index (χ4n) is 3.41. The first-order valence-electron chi connectivity index (χ1n) is 10.4. The van der Waals surface area contributed by atoms with Crippen LogP contribution in [0.3, 0.4) is 0 Å². The van der Waals surface area contributed by atoms with E-state index in [9.17, 15) is 14.0 Å². The van der Waals surface area contributed by atoms with Crippen LogP contribution in [0.15, 0.2) is 52.4 Å². The highest BCUT2D eigenvalue weighted by atomic mass is 32.2. The van der Waals surface area contributed by atoms with Gasteiger partial charge in [0.25, 0.3) is 5.56 Å². The van der Waals surface area contributed by atoms with Crippen LogP contribution < -0.4 is 10.9 Å². The van der Waals surface area contributed by atoms with Gasteiger partial charge in [0, 0.05) is 12.2 Å². The Labute approximate surface area is 188 Å². The van der Waals surface area contributed by atoms with Gasteiger partial charge in [-0.25, -0.2) is 4.39 Å². The molecule has 4 rings (SSSR count). The van der Waals surface area contributed by atoms with Gasteiger partial charge in [-0.15, -0.1) is 10.2 Å². The number of nitrogens with zero attached hydrogens (tertiary/aromatic N) is 4. The number of nitrogens with one attached hydrogen (secondary N) is 1. The monoisotopic (exact) mass is 453 g/mol. The van der Waals surface area contributed by atoms with Gasteiger partial charge in [0.1, 0.15) is 5.82 Å². The summed E-state index contributed by atoms with van der Waals surface area (Å²) >= 11 is 1.21. The SMILES string of the molecule is Cc1ccc(NC(=O)CSc2nnc3n(CCC(C)C)c(=O)c4ccccc4n23)cc1F. The Balaban J connectivity index is 1.64. The van der Waals surface area contributed by atoms with Gasteiger partial charge in [-0.2, -0.15) is 0 Å². The Kier molecular flexibility index (Phi) is 6.27. The molecule has 0 aliphatic carbocycles. The van der Waals surface area contributed by atoms with E-state index in [1.54, 1.807) is 29.7 Å². The third-order valence-corrected chi connectivity index (χ3v) is 6.13. The second-order valence-electron chi connectivity index (χ2n) is 8.08. The van der Waals surface area contributed by atoms with Gasteiger partial charge in [-0.3, -0.25) is 18.6 Å². The van der Waals surface area contributed by atoms with Crippen molar-refractivity contribution in [2.75, 3.05) is 11.1 Å². The molecule has 9 heteroatoms. The molecule has 0 bridgehead atoms. The van der Waals surface area contributed by atoms with Gasteiger partial charge in [-0.1, -0.05) is 43.8 Å². The summed E-state index contributed by atoms with van der Waals surface area (Å²) in [6.07, 6.45) is 0.832. The molecule has 0 saturated carbocycles. The molecule has 0 atom stereocenters. The minimum absolute atomic E-state index is 0.0652. The topological polar surface area (TPSA) is 81.3 Å². The molecule has 1 N–H and O–H groups in total. The van der Waals surface area contributed by atoms with E-state index in [2.05, 4.69) is 29.4 Å². The highest BCUT2D eigenvalue weighted by Crippen LogP contribution is 2.22. The maximum atomic E-state index is 13.7. The first kappa shape index (κ1) is 22.0. The summed E-state index contributed by atoms with van der Waals surface area (Å²) in [5.41, 5.74) is 1.51. The van der Waals surface area contributed by atoms with Crippen LogP contribution in [-0.2, 0) is 11.3 Å². The standard InChI is InChI=1S/C23H24FN5O2S/c1-14(2)10-11-28-21(31)17-6-4-5-7-19(17)29-22(28)26-27-23(29)32-13-20(30)25-16-9-8-15(3)18(24)12-16/h4-9,12,14H,10-11,13H2,1-3H3,(H,25,30). The molecule has 0 unspecified atom stereocenters. The van der Waals surface area contributed by atoms with Crippen molar-refractivity contribution in [3.63, 3.8) is 0 Å². The summed E-state index contributed by atoms with van der Waals surface area (Å²) in [5.74, 6) is 0.297. The molecule has 2 aromatic carbocycles. The zero-order valence-corrected chi connectivity index (χ0v) is 18.9. The van der Waals surface area contributed by atoms with Crippen LogP contribution in [0.1, 0.15) is 25.8 Å². The van der Waals surface area contributed by atoms with Gasteiger partial charge in [0.15, 0.2) is 5.16 Å². The zero-order chi connectivity index (χ0) is 22.8. The number of hydrogen-bond acceptors (Lipinski definition) is 5. The van der Waals surface area contributed by atoms with Crippen molar-refractivity contribution in [1.29, 1.82) is 0 Å². The molecule has 4 aromatic rings. The lowest BCUT2D eigenvalue weighted by molar-refractivity contribution is -0.113. The van der Waals surface area contributed by atoms with E-state index in [1.807, 2.05) is 22.6 Å². The van der Waals surface area contributed by atoms with Crippen LogP contribution in [0, 0.1) is 18.7 Å². The molecule has 1 amide bonds. The van der Waals surface area contributed by atoms with Crippen molar-refractivity contribution in [2.45, 2.75) is 38.9 Å². The van der Waals surface area contributed by atoms with E-state index in [0.29, 0.717) is 45.6 Å². The van der Waals surface area contributed by atoms with Crippen molar-refractivity contribution in [1.82, 2.24) is 19.2 Å². The summed E-state index contributed by atoms with van der Waals surface area (Å²) < 4.78 is 17.2. The van der Waals surface area contributed by atoms with Gasteiger partial charge in [-0.05, 0) is 49.1 Å². The van der Waals surface area contributed by atoms with Crippen molar-refractivity contribution >= 4 is 40.0 Å². The summed E-state index contributed by atoms with van der Waals surface area (Å²) in [5, 5.41) is 12.3. The number of benzene rings is 2. The van der Waals surface area contributed by atoms with Gasteiger partial charge < -0.3 is 5.32 Å². The van der Waals surface area contributed by atoms with E-state index in [1.165, 1.54) is 17.8 Å². The van der Waals surface area contributed by atoms with E-state index in [0.717, 1.165) is 6.42 Å². The Morgan fingerprint density at radius 1 is 1.19 bits per heavy atom. The van der Waals surface area contributed by atoms with E-state index < -0.39 is 0 Å². The smallest absolute Gasteiger partial charge is 0.262 e. The number of aromatic nitrogens is 4. The molecule has 2 aromatic heterocycles. The average Bonchev–Trinajstić information content (AvgIpc) is 3.18. The number of para-hydroxylation sites is 1. The highest BCUT2D eigenvalue weighted by Gasteiger charge is 2.18. The normalized spacial score (nSPS) is 11.5. The van der Waals surface area contributed by atoms with Gasteiger partial charge >= 0.3 is 0 Å². The molecule has 32 heavy (non-hydrogen) atoms. The summed E-state index contributed by atoms with van der Waals surface area (Å²) in [6.45, 7) is 6.41. The number of halogens is 1. The van der Waals surface area contributed by atoms with Crippen molar-refractivity contribution < 1.29 is 9.18 Å². The third-order valence-electron chi connectivity index (χ3n) is 5.20. The number of carbonyl (C=O) groups excluding carboxylic acids is 1. The molecular weight excluding hydrogens is 429 g/mol. The Hall–Kier alpha value is -3.20. The summed E-state index contributed by atoms with van der Waals surface area (Å²) in [6, 6.07) is 11.9. The molecule has 0 aliphatic rings. The second-order valence-corrected chi connectivity index (χ2v) is 9.02. The van der Waals surface area contributed by atoms with Crippen LogP contribution in [-0.4, -0.2) is 30.8 Å². The Bertz CT molecular complexity index is 1360. The van der Waals surface area contributed by atoms with Crippen LogP contribution >= 0.6 is 11.8 Å². The highest BCUT2D eigenvalue weighted by molar-refractivity contribution is 7.99. The van der Waals surface area contributed by atoms with E-state index in [-0.39, 0.29) is 23.0 Å². The predicted octanol–water partition coefficient (Wildman–Crippen LogP) is 4.27. The Morgan fingerprint density at radius 3 is 2.72 bits per heavy atom. The quantitative estimate of drug-likeness (QED) is 0.423. The fourth-order valence-corrected chi connectivity index (χ4v) is 4.15. The fraction of sp³-hybridized carbons (Fsp3) is 0.304. The number of hydrogen-bond donors (Lipinski definition) is 1. The maximum absolute atomic E-state index is 13.7. The van der Waals surface area contributed by atoms with Gasteiger partial charge in [0.05, 0.1) is 16.7 Å².